The summed E-state index contributed by atoms with van der Waals surface area (Å²) in [6.07, 6.45) is 1.62. The van der Waals surface area contributed by atoms with E-state index in [0.717, 1.165) is 27.1 Å². The van der Waals surface area contributed by atoms with Crippen molar-refractivity contribution in [2.24, 2.45) is 0 Å². The van der Waals surface area contributed by atoms with Crippen LogP contribution in [-0.2, 0) is 0 Å². The minimum atomic E-state index is -0.290. The van der Waals surface area contributed by atoms with Crippen molar-refractivity contribution in [3.63, 3.8) is 0 Å². The average molecular weight is 454 g/mol. The van der Waals surface area contributed by atoms with Gasteiger partial charge in [0.05, 0.1) is 10.2 Å². The molecule has 0 atom stereocenters. The highest BCUT2D eigenvalue weighted by atomic mass is 32.1. The van der Waals surface area contributed by atoms with Crippen LogP contribution in [0.15, 0.2) is 61.2 Å². The molecule has 0 aliphatic rings. The third kappa shape index (κ3) is 4.29. The third-order valence-electron chi connectivity index (χ3n) is 5.24. The molecule has 0 saturated carbocycles. The highest BCUT2D eigenvalue weighted by Crippen LogP contribution is 2.44. The number of nitrogens with zero attached hydrogens (tertiary/aromatic N) is 2. The normalized spacial score (nSPS) is 10.6. The zero-order valence-electron chi connectivity index (χ0n) is 18.4. The second-order valence-electron chi connectivity index (χ2n) is 7.70. The molecule has 7 heteroatoms. The molecule has 4 N–H and O–H groups in total. The predicted octanol–water partition coefficient (Wildman–Crippen LogP) is 5.69. The summed E-state index contributed by atoms with van der Waals surface area (Å²) < 4.78 is 0.725. The maximum atomic E-state index is 13.2. The van der Waals surface area contributed by atoms with E-state index in [0.29, 0.717) is 33.8 Å². The van der Waals surface area contributed by atoms with Crippen molar-refractivity contribution in [3.8, 4) is 17.2 Å². The smallest absolute Gasteiger partial charge is 0.256 e. The monoisotopic (exact) mass is 453 g/mol. The summed E-state index contributed by atoms with van der Waals surface area (Å²) in [6.45, 7) is 8.01. The molecule has 0 saturated heterocycles. The first-order valence-corrected chi connectivity index (χ1v) is 11.2. The molecule has 4 rings (SSSR count). The number of nitriles is 1. The van der Waals surface area contributed by atoms with Gasteiger partial charge in [0.15, 0.2) is 0 Å². The number of amides is 1. The number of rotatable bonds is 6. The van der Waals surface area contributed by atoms with Crippen LogP contribution in [0.25, 0.3) is 21.3 Å². The lowest BCUT2D eigenvalue weighted by Crippen LogP contribution is -2.23. The number of hydrogen-bond donors (Lipinski definition) is 3. The largest absolute Gasteiger partial charge is 0.383 e. The topological polar surface area (TPSA) is 104 Å². The zero-order valence-corrected chi connectivity index (χ0v) is 19.2. The van der Waals surface area contributed by atoms with Crippen LogP contribution in [0.5, 0.6) is 0 Å². The first kappa shape index (κ1) is 22.1. The molecule has 2 aromatic carbocycles. The van der Waals surface area contributed by atoms with Gasteiger partial charge >= 0.3 is 0 Å². The fraction of sp³-hybridized carbons (Fsp3) is 0.115. The molecule has 0 radical (unpaired) electrons. The quantitative estimate of drug-likeness (QED) is 0.325. The van der Waals surface area contributed by atoms with Gasteiger partial charge in [-0.3, -0.25) is 4.79 Å². The SMILES string of the molecule is C=CCNC(=O)c1c(Nc2ccc(C)cc2)sc2c(-c3ccc(C)cc3)c(C#N)c(N)nc12. The molecule has 0 aliphatic heterocycles. The van der Waals surface area contributed by atoms with E-state index in [1.165, 1.54) is 11.3 Å². The zero-order chi connectivity index (χ0) is 23.5. The van der Waals surface area contributed by atoms with E-state index < -0.39 is 0 Å². The van der Waals surface area contributed by atoms with Crippen molar-refractivity contribution in [2.75, 3.05) is 17.6 Å². The van der Waals surface area contributed by atoms with Crippen LogP contribution in [0.2, 0.25) is 0 Å². The van der Waals surface area contributed by atoms with Gasteiger partial charge in [-0.1, -0.05) is 53.6 Å². The van der Waals surface area contributed by atoms with Gasteiger partial charge in [-0.25, -0.2) is 4.98 Å². The molecular weight excluding hydrogens is 430 g/mol. The lowest BCUT2D eigenvalue weighted by Gasteiger charge is -2.10. The number of nitrogen functional groups attached to an aromatic ring is 1. The predicted molar refractivity (Wildman–Crippen MR) is 136 cm³/mol. The van der Waals surface area contributed by atoms with E-state index in [9.17, 15) is 10.1 Å². The first-order chi connectivity index (χ1) is 15.9. The van der Waals surface area contributed by atoms with Crippen molar-refractivity contribution >= 4 is 44.0 Å². The Morgan fingerprint density at radius 1 is 1.15 bits per heavy atom. The second-order valence-corrected chi connectivity index (χ2v) is 8.72. The number of thiophene rings is 1. The van der Waals surface area contributed by atoms with E-state index in [-0.39, 0.29) is 11.7 Å². The molecule has 4 aromatic rings. The number of carbonyl (C=O) groups excluding carboxylic acids is 1. The lowest BCUT2D eigenvalue weighted by molar-refractivity contribution is 0.0960. The summed E-state index contributed by atoms with van der Waals surface area (Å²) in [7, 11) is 0. The van der Waals surface area contributed by atoms with Gasteiger partial charge in [-0.15, -0.1) is 17.9 Å². The fourth-order valence-corrected chi connectivity index (χ4v) is 4.78. The number of benzene rings is 2. The van der Waals surface area contributed by atoms with Gasteiger partial charge in [0, 0.05) is 17.8 Å². The summed E-state index contributed by atoms with van der Waals surface area (Å²) >= 11 is 1.38. The van der Waals surface area contributed by atoms with E-state index in [4.69, 9.17) is 5.73 Å². The van der Waals surface area contributed by atoms with Crippen molar-refractivity contribution in [2.45, 2.75) is 13.8 Å². The average Bonchev–Trinajstić information content (AvgIpc) is 3.16. The fourth-order valence-electron chi connectivity index (χ4n) is 3.55. The maximum absolute atomic E-state index is 13.2. The molecule has 0 aliphatic carbocycles. The van der Waals surface area contributed by atoms with Crippen LogP contribution in [0.1, 0.15) is 27.0 Å². The number of fused-ring (bicyclic) bond motifs is 1. The minimum Gasteiger partial charge on any atom is -0.383 e. The van der Waals surface area contributed by atoms with Gasteiger partial charge in [0.25, 0.3) is 5.91 Å². The van der Waals surface area contributed by atoms with Crippen LogP contribution < -0.4 is 16.4 Å². The molecule has 2 heterocycles. The number of nitrogens with one attached hydrogen (secondary N) is 2. The van der Waals surface area contributed by atoms with Crippen molar-refractivity contribution in [1.82, 2.24) is 10.3 Å². The Morgan fingerprint density at radius 3 is 2.39 bits per heavy atom. The molecule has 2 aromatic heterocycles. The van der Waals surface area contributed by atoms with E-state index in [2.05, 4.69) is 28.3 Å². The van der Waals surface area contributed by atoms with Crippen LogP contribution in [-0.4, -0.2) is 17.4 Å². The molecular formula is C26H23N5OS. The van der Waals surface area contributed by atoms with Gasteiger partial charge in [-0.2, -0.15) is 5.26 Å². The second kappa shape index (κ2) is 9.15. The van der Waals surface area contributed by atoms with Crippen molar-refractivity contribution in [1.29, 1.82) is 5.26 Å². The number of nitrogens with two attached hydrogens (primary N) is 1. The van der Waals surface area contributed by atoms with Gasteiger partial charge in [-0.05, 0) is 31.5 Å². The van der Waals surface area contributed by atoms with E-state index in [1.807, 2.05) is 62.4 Å². The highest BCUT2D eigenvalue weighted by Gasteiger charge is 2.26. The van der Waals surface area contributed by atoms with E-state index in [1.54, 1.807) is 6.08 Å². The number of aromatic nitrogens is 1. The van der Waals surface area contributed by atoms with Gasteiger partial charge in [0.1, 0.15) is 28.0 Å². The molecule has 0 bridgehead atoms. The number of aryl methyl sites for hydroxylation is 2. The molecule has 164 valence electrons. The Hall–Kier alpha value is -4.15. The number of hydrogen-bond acceptors (Lipinski definition) is 6. The first-order valence-electron chi connectivity index (χ1n) is 10.4. The van der Waals surface area contributed by atoms with Crippen LogP contribution in [0.3, 0.4) is 0 Å². The van der Waals surface area contributed by atoms with Gasteiger partial charge in [0.2, 0.25) is 0 Å². The Labute approximate surface area is 196 Å². The Balaban J connectivity index is 1.99. The van der Waals surface area contributed by atoms with Crippen LogP contribution in [0.4, 0.5) is 16.5 Å². The highest BCUT2D eigenvalue weighted by molar-refractivity contribution is 7.24. The standard InChI is InChI=1S/C26H23N5OS/c1-4-13-29-25(32)21-22-23(33-26(21)30-18-11-7-16(3)8-12-18)20(19(14-27)24(28)31-22)17-9-5-15(2)6-10-17/h4-12,30H,1,13H2,2-3H3,(H2,28,31)(H,29,32). The lowest BCUT2D eigenvalue weighted by atomic mass is 9.99. The molecule has 1 amide bonds. The number of pyridine rings is 1. The Kier molecular flexibility index (Phi) is 6.11. The summed E-state index contributed by atoms with van der Waals surface area (Å²) in [5.74, 6) is -0.194. The summed E-state index contributed by atoms with van der Waals surface area (Å²) in [5.41, 5.74) is 12.0. The van der Waals surface area contributed by atoms with Crippen LogP contribution in [0, 0.1) is 25.2 Å². The summed E-state index contributed by atoms with van der Waals surface area (Å²) in [6, 6.07) is 18.0. The molecule has 33 heavy (non-hydrogen) atoms. The van der Waals surface area contributed by atoms with Gasteiger partial charge < -0.3 is 16.4 Å². The number of anilines is 3. The maximum Gasteiger partial charge on any atom is 0.256 e. The molecule has 0 fully saturated rings. The number of carbonyl (C=O) groups is 1. The molecule has 6 nitrogen and oxygen atoms in total. The molecule has 0 spiro atoms. The van der Waals surface area contributed by atoms with E-state index >= 15 is 0 Å². The van der Waals surface area contributed by atoms with Crippen molar-refractivity contribution in [3.05, 3.63) is 83.4 Å². The molecule has 0 unspecified atom stereocenters. The summed E-state index contributed by atoms with van der Waals surface area (Å²) in [4.78, 5) is 17.7. The third-order valence-corrected chi connectivity index (χ3v) is 6.36. The Bertz CT molecular complexity index is 1400. The Morgan fingerprint density at radius 2 is 1.79 bits per heavy atom. The minimum absolute atomic E-state index is 0.0954. The van der Waals surface area contributed by atoms with Crippen molar-refractivity contribution < 1.29 is 4.79 Å². The summed E-state index contributed by atoms with van der Waals surface area (Å²) in [5, 5.41) is 16.7. The van der Waals surface area contributed by atoms with Crippen LogP contribution >= 0.6 is 11.3 Å².